The van der Waals surface area contributed by atoms with E-state index in [0.29, 0.717) is 24.2 Å². The van der Waals surface area contributed by atoms with E-state index in [4.69, 9.17) is 5.11 Å². The van der Waals surface area contributed by atoms with Crippen molar-refractivity contribution in [1.29, 1.82) is 0 Å². The summed E-state index contributed by atoms with van der Waals surface area (Å²) in [6.45, 7) is 0. The lowest BCUT2D eigenvalue weighted by Crippen LogP contribution is -2.49. The zero-order chi connectivity index (χ0) is 12.7. The fourth-order valence-electron chi connectivity index (χ4n) is 5.06. The zero-order valence-electron chi connectivity index (χ0n) is 10.7. The van der Waals surface area contributed by atoms with Gasteiger partial charge in [-0.2, -0.15) is 0 Å². The molecule has 4 aliphatic carbocycles. The molecule has 0 saturated heterocycles. The van der Waals surface area contributed by atoms with E-state index >= 15 is 0 Å². The Morgan fingerprint density at radius 3 is 2.17 bits per heavy atom. The Hall–Kier alpha value is -0.830. The third kappa shape index (κ3) is 2.20. The number of aliphatic carboxylic acids is 1. The highest BCUT2D eigenvalue weighted by Gasteiger charge is 2.49. The minimum atomic E-state index is -0.924. The third-order valence-corrected chi connectivity index (χ3v) is 5.38. The second kappa shape index (κ2) is 4.69. The van der Waals surface area contributed by atoms with Crippen LogP contribution in [0.25, 0.3) is 0 Å². The van der Waals surface area contributed by atoms with Crippen molar-refractivity contribution >= 4 is 5.97 Å². The van der Waals surface area contributed by atoms with Crippen LogP contribution in [0, 0.1) is 29.6 Å². The largest absolute Gasteiger partial charge is 0.478 e. The molecule has 0 aromatic carbocycles. The normalized spacial score (nSPS) is 43.5. The Balaban J connectivity index is 1.63. The molecule has 0 aromatic heterocycles. The number of aliphatic hydroxyl groups excluding tert-OH is 1. The topological polar surface area (TPSA) is 57.5 Å². The van der Waals surface area contributed by atoms with E-state index in [1.165, 1.54) is 32.1 Å². The number of carbonyl (C=O) groups is 1. The lowest BCUT2D eigenvalue weighted by atomic mass is 9.50. The summed E-state index contributed by atoms with van der Waals surface area (Å²) in [6.07, 6.45) is 9.56. The van der Waals surface area contributed by atoms with Crippen LogP contribution in [0.3, 0.4) is 0 Å². The van der Waals surface area contributed by atoms with Gasteiger partial charge in [-0.25, -0.2) is 4.79 Å². The summed E-state index contributed by atoms with van der Waals surface area (Å²) in [5.74, 6) is 2.75. The van der Waals surface area contributed by atoms with E-state index in [0.717, 1.165) is 17.9 Å². The van der Waals surface area contributed by atoms with Crippen molar-refractivity contribution in [1.82, 2.24) is 0 Å². The summed E-state index contributed by atoms with van der Waals surface area (Å²) >= 11 is 0. The van der Waals surface area contributed by atoms with Gasteiger partial charge in [0.05, 0.1) is 6.10 Å². The lowest BCUT2D eigenvalue weighted by molar-refractivity contribution is -0.131. The highest BCUT2D eigenvalue weighted by Crippen LogP contribution is 2.57. The number of hydrogen-bond donors (Lipinski definition) is 2. The van der Waals surface area contributed by atoms with Gasteiger partial charge in [-0.05, 0) is 68.1 Å². The van der Waals surface area contributed by atoms with Crippen LogP contribution in [0.15, 0.2) is 12.2 Å². The molecule has 0 aromatic rings. The van der Waals surface area contributed by atoms with Gasteiger partial charge in [0.15, 0.2) is 0 Å². The second-order valence-corrected chi connectivity index (χ2v) is 6.55. The van der Waals surface area contributed by atoms with Gasteiger partial charge in [-0.1, -0.05) is 6.08 Å². The molecule has 2 N–H and O–H groups in total. The Morgan fingerprint density at radius 1 is 1.11 bits per heavy atom. The average molecular weight is 250 g/mol. The smallest absolute Gasteiger partial charge is 0.327 e. The van der Waals surface area contributed by atoms with Gasteiger partial charge in [-0.15, -0.1) is 0 Å². The molecule has 4 fully saturated rings. The zero-order valence-corrected chi connectivity index (χ0v) is 10.7. The number of aliphatic hydroxyl groups is 1. The second-order valence-electron chi connectivity index (χ2n) is 6.55. The minimum Gasteiger partial charge on any atom is -0.478 e. The summed E-state index contributed by atoms with van der Waals surface area (Å²) in [5, 5.41) is 18.9. The molecule has 4 rings (SSSR count). The summed E-state index contributed by atoms with van der Waals surface area (Å²) < 4.78 is 0. The van der Waals surface area contributed by atoms with Gasteiger partial charge in [0.2, 0.25) is 0 Å². The maximum Gasteiger partial charge on any atom is 0.327 e. The molecule has 0 aliphatic heterocycles. The van der Waals surface area contributed by atoms with Crippen molar-refractivity contribution in [2.24, 2.45) is 29.6 Å². The van der Waals surface area contributed by atoms with Crippen LogP contribution in [0.2, 0.25) is 0 Å². The molecule has 3 heteroatoms. The summed E-state index contributed by atoms with van der Waals surface area (Å²) in [5.41, 5.74) is 0. The summed E-state index contributed by atoms with van der Waals surface area (Å²) in [6, 6.07) is 0. The molecule has 0 heterocycles. The Kier molecular flexibility index (Phi) is 3.18. The van der Waals surface area contributed by atoms with Gasteiger partial charge in [-0.3, -0.25) is 0 Å². The fourth-order valence-corrected chi connectivity index (χ4v) is 5.06. The quantitative estimate of drug-likeness (QED) is 0.753. The van der Waals surface area contributed by atoms with Gasteiger partial charge < -0.3 is 10.2 Å². The van der Waals surface area contributed by atoms with Crippen LogP contribution in [0.1, 0.15) is 38.5 Å². The predicted molar refractivity (Wildman–Crippen MR) is 67.9 cm³/mol. The molecule has 100 valence electrons. The van der Waals surface area contributed by atoms with Crippen molar-refractivity contribution in [2.45, 2.75) is 44.6 Å². The standard InChI is InChI=1S/C15H22O3/c16-13(2-1-3-14(17)18)15-11-5-9-4-10(7-11)8-12(15)6-9/h1,3,9-13,15-16H,2,4-8H2,(H,17,18)/b3-1+. The molecule has 0 spiro atoms. The Labute approximate surface area is 108 Å². The van der Waals surface area contributed by atoms with Gasteiger partial charge >= 0.3 is 5.97 Å². The van der Waals surface area contributed by atoms with Crippen LogP contribution in [0.5, 0.6) is 0 Å². The summed E-state index contributed by atoms with van der Waals surface area (Å²) in [7, 11) is 0. The average Bonchev–Trinajstić information content (AvgIpc) is 2.26. The minimum absolute atomic E-state index is 0.337. The van der Waals surface area contributed by atoms with E-state index in [2.05, 4.69) is 0 Å². The predicted octanol–water partition coefficient (Wildman–Crippen LogP) is 2.45. The number of carboxylic acid groups (broad SMARTS) is 1. The van der Waals surface area contributed by atoms with E-state index in [1.807, 2.05) is 0 Å². The first kappa shape index (κ1) is 12.2. The van der Waals surface area contributed by atoms with Crippen LogP contribution < -0.4 is 0 Å². The molecule has 4 saturated carbocycles. The molecule has 4 bridgehead atoms. The first-order chi connectivity index (χ1) is 8.63. The molecule has 3 nitrogen and oxygen atoms in total. The molecule has 0 radical (unpaired) electrons. The first-order valence-corrected chi connectivity index (χ1v) is 7.21. The van der Waals surface area contributed by atoms with E-state index in [-0.39, 0.29) is 6.10 Å². The fraction of sp³-hybridized carbons (Fsp3) is 0.800. The Morgan fingerprint density at radius 2 is 1.67 bits per heavy atom. The van der Waals surface area contributed by atoms with Gasteiger partial charge in [0, 0.05) is 6.08 Å². The number of hydrogen-bond acceptors (Lipinski definition) is 2. The maximum atomic E-state index is 10.4. The molecule has 18 heavy (non-hydrogen) atoms. The monoisotopic (exact) mass is 250 g/mol. The lowest BCUT2D eigenvalue weighted by Gasteiger charge is -2.55. The van der Waals surface area contributed by atoms with E-state index < -0.39 is 5.97 Å². The molecule has 1 unspecified atom stereocenters. The van der Waals surface area contributed by atoms with E-state index in [9.17, 15) is 9.90 Å². The molecule has 1 atom stereocenters. The van der Waals surface area contributed by atoms with E-state index in [1.54, 1.807) is 6.08 Å². The molecular weight excluding hydrogens is 228 g/mol. The van der Waals surface area contributed by atoms with Gasteiger partial charge in [0.1, 0.15) is 0 Å². The SMILES string of the molecule is O=C(O)/C=C/CC(O)C1C2CC3CC(C2)CC1C3. The Bertz CT molecular complexity index is 333. The number of carboxylic acids is 1. The molecule has 4 aliphatic rings. The number of rotatable bonds is 4. The van der Waals surface area contributed by atoms with Gasteiger partial charge in [0.25, 0.3) is 0 Å². The van der Waals surface area contributed by atoms with Crippen molar-refractivity contribution in [3.05, 3.63) is 12.2 Å². The third-order valence-electron chi connectivity index (χ3n) is 5.38. The van der Waals surface area contributed by atoms with Crippen molar-refractivity contribution < 1.29 is 15.0 Å². The summed E-state index contributed by atoms with van der Waals surface area (Å²) in [4.78, 5) is 10.4. The van der Waals surface area contributed by atoms with Crippen LogP contribution >= 0.6 is 0 Å². The van der Waals surface area contributed by atoms with Crippen LogP contribution in [0.4, 0.5) is 0 Å². The molecule has 0 amide bonds. The van der Waals surface area contributed by atoms with Crippen LogP contribution in [-0.4, -0.2) is 22.3 Å². The first-order valence-electron chi connectivity index (χ1n) is 7.21. The maximum absolute atomic E-state index is 10.4. The van der Waals surface area contributed by atoms with Crippen molar-refractivity contribution in [3.8, 4) is 0 Å². The molecular formula is C15H22O3. The van der Waals surface area contributed by atoms with Crippen molar-refractivity contribution in [2.75, 3.05) is 0 Å². The van der Waals surface area contributed by atoms with Crippen molar-refractivity contribution in [3.63, 3.8) is 0 Å². The van der Waals surface area contributed by atoms with Crippen LogP contribution in [-0.2, 0) is 4.79 Å². The highest BCUT2D eigenvalue weighted by molar-refractivity contribution is 5.79. The highest BCUT2D eigenvalue weighted by atomic mass is 16.4.